The van der Waals surface area contributed by atoms with Gasteiger partial charge in [0.25, 0.3) is 5.91 Å². The van der Waals surface area contributed by atoms with E-state index in [2.05, 4.69) is 5.32 Å². The molecule has 30 heavy (non-hydrogen) atoms. The van der Waals surface area contributed by atoms with Gasteiger partial charge in [-0.3, -0.25) is 9.59 Å². The molecule has 2 aromatic rings. The Morgan fingerprint density at radius 3 is 2.30 bits per heavy atom. The predicted molar refractivity (Wildman–Crippen MR) is 114 cm³/mol. The smallest absolute Gasteiger partial charge is 0.255 e. The first-order valence-corrected chi connectivity index (χ1v) is 10.1. The number of benzene rings is 2. The zero-order valence-corrected chi connectivity index (χ0v) is 17.5. The highest BCUT2D eigenvalue weighted by atomic mass is 16.5. The Morgan fingerprint density at radius 1 is 1.00 bits per heavy atom. The van der Waals surface area contributed by atoms with Gasteiger partial charge in [0.15, 0.2) is 11.5 Å². The zero-order valence-electron chi connectivity index (χ0n) is 17.5. The molecule has 7 heteroatoms. The SMILES string of the molecule is COc1cc(C(=O)Nc2ccc3c(c2)N(C(=O)C2CC2)CCC3)cc(OC)c1OC. The Kier molecular flexibility index (Phi) is 5.53. The molecule has 0 aromatic heterocycles. The molecule has 1 aliphatic heterocycles. The van der Waals surface area contributed by atoms with Crippen molar-refractivity contribution in [2.45, 2.75) is 25.7 Å². The van der Waals surface area contributed by atoms with Gasteiger partial charge in [-0.1, -0.05) is 6.07 Å². The molecular weight excluding hydrogens is 384 g/mol. The van der Waals surface area contributed by atoms with Crippen LogP contribution in [0.25, 0.3) is 0 Å². The Balaban J connectivity index is 1.60. The molecule has 158 valence electrons. The molecule has 0 spiro atoms. The second-order valence-electron chi connectivity index (χ2n) is 7.58. The standard InChI is InChI=1S/C23H26N2O5/c1-28-19-11-16(12-20(29-2)21(19)30-3)22(26)24-17-9-8-14-5-4-10-25(18(14)13-17)23(27)15-6-7-15/h8-9,11-13,15H,4-7,10H2,1-3H3,(H,24,26). The van der Waals surface area contributed by atoms with Gasteiger partial charge in [0.1, 0.15) is 0 Å². The normalized spacial score (nSPS) is 15.2. The van der Waals surface area contributed by atoms with Crippen LogP contribution in [0.5, 0.6) is 17.2 Å². The average molecular weight is 410 g/mol. The van der Waals surface area contributed by atoms with Gasteiger partial charge in [-0.2, -0.15) is 0 Å². The quantitative estimate of drug-likeness (QED) is 0.787. The molecule has 2 amide bonds. The minimum absolute atomic E-state index is 0.161. The van der Waals surface area contributed by atoms with Gasteiger partial charge in [-0.05, 0) is 55.5 Å². The maximum atomic E-state index is 12.9. The number of nitrogens with zero attached hydrogens (tertiary/aromatic N) is 1. The lowest BCUT2D eigenvalue weighted by Gasteiger charge is -2.30. The monoisotopic (exact) mass is 410 g/mol. The Morgan fingerprint density at radius 2 is 1.70 bits per heavy atom. The van der Waals surface area contributed by atoms with Gasteiger partial charge < -0.3 is 24.4 Å². The molecule has 4 rings (SSSR count). The summed E-state index contributed by atoms with van der Waals surface area (Å²) in [6.45, 7) is 0.729. The van der Waals surface area contributed by atoms with E-state index in [9.17, 15) is 9.59 Å². The maximum Gasteiger partial charge on any atom is 0.255 e. The third-order valence-corrected chi connectivity index (χ3v) is 5.58. The number of hydrogen-bond donors (Lipinski definition) is 1. The van der Waals surface area contributed by atoms with E-state index in [-0.39, 0.29) is 17.7 Å². The van der Waals surface area contributed by atoms with Crippen LogP contribution in [0.4, 0.5) is 11.4 Å². The molecule has 0 saturated heterocycles. The van der Waals surface area contributed by atoms with Crippen molar-refractivity contribution in [3.05, 3.63) is 41.5 Å². The largest absolute Gasteiger partial charge is 0.493 e. The summed E-state index contributed by atoms with van der Waals surface area (Å²) in [6.07, 6.45) is 3.85. The number of hydrogen-bond acceptors (Lipinski definition) is 5. The van der Waals surface area contributed by atoms with Gasteiger partial charge in [0.2, 0.25) is 11.7 Å². The number of anilines is 2. The fraction of sp³-hybridized carbons (Fsp3) is 0.391. The third-order valence-electron chi connectivity index (χ3n) is 5.58. The fourth-order valence-electron chi connectivity index (χ4n) is 3.85. The first-order valence-electron chi connectivity index (χ1n) is 10.1. The Labute approximate surface area is 175 Å². The average Bonchev–Trinajstić information content (AvgIpc) is 3.62. The molecule has 0 radical (unpaired) electrons. The van der Waals surface area contributed by atoms with Crippen LogP contribution in [0.1, 0.15) is 35.2 Å². The summed E-state index contributed by atoms with van der Waals surface area (Å²) >= 11 is 0. The van der Waals surface area contributed by atoms with Crippen molar-refractivity contribution in [2.24, 2.45) is 5.92 Å². The minimum atomic E-state index is -0.301. The molecule has 0 atom stereocenters. The Hall–Kier alpha value is -3.22. The number of aryl methyl sites for hydroxylation is 1. The number of ether oxygens (including phenoxy) is 3. The lowest BCUT2D eigenvalue weighted by Crippen LogP contribution is -2.36. The van der Waals surface area contributed by atoms with Crippen molar-refractivity contribution in [3.8, 4) is 17.2 Å². The first-order chi connectivity index (χ1) is 14.5. The second kappa shape index (κ2) is 8.26. The number of nitrogens with one attached hydrogen (secondary N) is 1. The van der Waals surface area contributed by atoms with Crippen molar-refractivity contribution in [1.29, 1.82) is 0 Å². The summed E-state index contributed by atoms with van der Waals surface area (Å²) in [5, 5.41) is 2.92. The number of carbonyl (C=O) groups is 2. The molecule has 1 aliphatic carbocycles. The van der Waals surface area contributed by atoms with E-state index in [1.165, 1.54) is 21.3 Å². The van der Waals surface area contributed by atoms with Gasteiger partial charge in [-0.15, -0.1) is 0 Å². The van der Waals surface area contributed by atoms with Crippen LogP contribution in [-0.4, -0.2) is 39.7 Å². The van der Waals surface area contributed by atoms with Crippen LogP contribution in [0.2, 0.25) is 0 Å². The summed E-state index contributed by atoms with van der Waals surface area (Å²) in [5.41, 5.74) is 3.07. The van der Waals surface area contributed by atoms with Gasteiger partial charge >= 0.3 is 0 Å². The number of methoxy groups -OCH3 is 3. The van der Waals surface area contributed by atoms with Crippen LogP contribution >= 0.6 is 0 Å². The summed E-state index contributed by atoms with van der Waals surface area (Å²) in [4.78, 5) is 27.5. The molecule has 1 N–H and O–H groups in total. The summed E-state index contributed by atoms with van der Waals surface area (Å²) < 4.78 is 16.0. The van der Waals surface area contributed by atoms with E-state index in [0.29, 0.717) is 28.5 Å². The molecule has 2 aromatic carbocycles. The van der Waals surface area contributed by atoms with E-state index in [1.54, 1.807) is 12.1 Å². The van der Waals surface area contributed by atoms with Crippen LogP contribution in [-0.2, 0) is 11.2 Å². The first kappa shape index (κ1) is 20.1. The second-order valence-corrected chi connectivity index (χ2v) is 7.58. The molecule has 0 unspecified atom stereocenters. The third kappa shape index (κ3) is 3.79. The van der Waals surface area contributed by atoms with Gasteiger partial charge in [-0.25, -0.2) is 0 Å². The Bertz CT molecular complexity index is 959. The topological polar surface area (TPSA) is 77.1 Å². The predicted octanol–water partition coefficient (Wildman–Crippen LogP) is 3.65. The van der Waals surface area contributed by atoms with Gasteiger partial charge in [0, 0.05) is 29.4 Å². The molecule has 2 aliphatic rings. The van der Waals surface area contributed by atoms with Crippen LogP contribution in [0.15, 0.2) is 30.3 Å². The molecule has 1 saturated carbocycles. The van der Waals surface area contributed by atoms with Crippen molar-refractivity contribution in [3.63, 3.8) is 0 Å². The van der Waals surface area contributed by atoms with E-state index in [4.69, 9.17) is 14.2 Å². The number of amides is 2. The van der Waals surface area contributed by atoms with E-state index < -0.39 is 0 Å². The minimum Gasteiger partial charge on any atom is -0.493 e. The highest BCUT2D eigenvalue weighted by Gasteiger charge is 2.35. The number of fused-ring (bicyclic) bond motifs is 1. The van der Waals surface area contributed by atoms with Crippen molar-refractivity contribution < 1.29 is 23.8 Å². The van der Waals surface area contributed by atoms with E-state index in [1.807, 2.05) is 23.1 Å². The summed E-state index contributed by atoms with van der Waals surface area (Å²) in [7, 11) is 4.53. The van der Waals surface area contributed by atoms with E-state index >= 15 is 0 Å². The van der Waals surface area contributed by atoms with Crippen LogP contribution < -0.4 is 24.4 Å². The van der Waals surface area contributed by atoms with Crippen LogP contribution in [0, 0.1) is 5.92 Å². The number of carbonyl (C=O) groups excluding carboxylic acids is 2. The molecular formula is C23H26N2O5. The van der Waals surface area contributed by atoms with Crippen molar-refractivity contribution in [1.82, 2.24) is 0 Å². The molecule has 0 bridgehead atoms. The molecule has 1 fully saturated rings. The van der Waals surface area contributed by atoms with Crippen molar-refractivity contribution >= 4 is 23.2 Å². The van der Waals surface area contributed by atoms with Gasteiger partial charge in [0.05, 0.1) is 21.3 Å². The zero-order chi connectivity index (χ0) is 21.3. The van der Waals surface area contributed by atoms with Crippen molar-refractivity contribution in [2.75, 3.05) is 38.1 Å². The molecule has 1 heterocycles. The van der Waals surface area contributed by atoms with E-state index in [0.717, 1.165) is 43.5 Å². The highest BCUT2D eigenvalue weighted by molar-refractivity contribution is 6.06. The summed E-state index contributed by atoms with van der Waals surface area (Å²) in [6, 6.07) is 8.98. The lowest BCUT2D eigenvalue weighted by atomic mass is 10.0. The lowest BCUT2D eigenvalue weighted by molar-refractivity contribution is -0.119. The van der Waals surface area contributed by atoms with Crippen LogP contribution in [0.3, 0.4) is 0 Å². The maximum absolute atomic E-state index is 12.9. The molecule has 7 nitrogen and oxygen atoms in total. The highest BCUT2D eigenvalue weighted by Crippen LogP contribution is 2.39. The number of rotatable bonds is 6. The fourth-order valence-corrected chi connectivity index (χ4v) is 3.85. The summed E-state index contributed by atoms with van der Waals surface area (Å²) in [5.74, 6) is 1.31.